The number of carbonyl (C=O) groups is 1. The molecule has 2 heterocycles. The lowest BCUT2D eigenvalue weighted by Gasteiger charge is -2.32. The van der Waals surface area contributed by atoms with Gasteiger partial charge in [-0.05, 0) is 49.0 Å². The molecule has 6 nitrogen and oxygen atoms in total. The Balaban J connectivity index is 1.58. The van der Waals surface area contributed by atoms with Crippen LogP contribution in [0.4, 0.5) is 0 Å². The maximum Gasteiger partial charge on any atom is 0.257 e. The molecule has 1 aliphatic carbocycles. The standard InChI is InChI=1S/C24H31N3O3S/c1-26(18-8-5-4-6-9-18)16-24(28)27-20(15-19(25-27)23-10-7-13-31-23)17-11-12-21(29-2)22(14-17)30-3/h7,10-14,18,20H,4-6,8-9,15-16H2,1-3H3. The first-order valence-corrected chi connectivity index (χ1v) is 11.8. The third-order valence-electron chi connectivity index (χ3n) is 6.35. The van der Waals surface area contributed by atoms with Crippen molar-refractivity contribution < 1.29 is 14.3 Å². The first-order chi connectivity index (χ1) is 15.1. The second kappa shape index (κ2) is 9.83. The third-order valence-corrected chi connectivity index (χ3v) is 7.27. The molecule has 2 aliphatic rings. The number of methoxy groups -OCH3 is 2. The van der Waals surface area contributed by atoms with Gasteiger partial charge < -0.3 is 9.47 Å². The number of hydrogen-bond donors (Lipinski definition) is 0. The van der Waals surface area contributed by atoms with Crippen molar-refractivity contribution in [2.75, 3.05) is 27.8 Å². The Morgan fingerprint density at radius 2 is 1.94 bits per heavy atom. The van der Waals surface area contributed by atoms with Crippen molar-refractivity contribution in [1.82, 2.24) is 9.91 Å². The zero-order valence-electron chi connectivity index (χ0n) is 18.5. The molecule has 0 bridgehead atoms. The molecule has 1 aliphatic heterocycles. The highest BCUT2D eigenvalue weighted by molar-refractivity contribution is 7.12. The Kier molecular flexibility index (Phi) is 6.92. The molecule has 0 radical (unpaired) electrons. The lowest BCUT2D eigenvalue weighted by Crippen LogP contribution is -2.42. The molecule has 4 rings (SSSR count). The van der Waals surface area contributed by atoms with Gasteiger partial charge in [0.1, 0.15) is 0 Å². The van der Waals surface area contributed by atoms with Crippen LogP contribution in [0.15, 0.2) is 40.8 Å². The minimum atomic E-state index is -0.149. The monoisotopic (exact) mass is 441 g/mol. The van der Waals surface area contributed by atoms with E-state index < -0.39 is 0 Å². The number of carbonyl (C=O) groups excluding carboxylic acids is 1. The summed E-state index contributed by atoms with van der Waals surface area (Å²) in [5, 5.41) is 8.53. The van der Waals surface area contributed by atoms with Crippen molar-refractivity contribution in [2.24, 2.45) is 5.10 Å². The van der Waals surface area contributed by atoms with Crippen LogP contribution in [0.5, 0.6) is 11.5 Å². The van der Waals surface area contributed by atoms with Crippen LogP contribution in [0.1, 0.15) is 55.0 Å². The molecular formula is C24H31N3O3S. The van der Waals surface area contributed by atoms with Crippen molar-refractivity contribution in [3.05, 3.63) is 46.2 Å². The highest BCUT2D eigenvalue weighted by Gasteiger charge is 2.35. The normalized spacial score (nSPS) is 19.5. The smallest absolute Gasteiger partial charge is 0.257 e. The van der Waals surface area contributed by atoms with Crippen LogP contribution in [-0.2, 0) is 4.79 Å². The molecule has 0 saturated heterocycles. The lowest BCUT2D eigenvalue weighted by molar-refractivity contribution is -0.134. The SMILES string of the molecule is COc1ccc(C2CC(c3cccs3)=NN2C(=O)CN(C)C2CCCCC2)cc1OC. The van der Waals surface area contributed by atoms with E-state index in [1.165, 1.54) is 32.1 Å². The van der Waals surface area contributed by atoms with E-state index >= 15 is 0 Å². The summed E-state index contributed by atoms with van der Waals surface area (Å²) < 4.78 is 10.9. The molecule has 31 heavy (non-hydrogen) atoms. The zero-order valence-corrected chi connectivity index (χ0v) is 19.4. The van der Waals surface area contributed by atoms with Crippen LogP contribution in [0, 0.1) is 0 Å². The molecule has 1 fully saturated rings. The van der Waals surface area contributed by atoms with Crippen molar-refractivity contribution in [3.63, 3.8) is 0 Å². The van der Waals surface area contributed by atoms with Gasteiger partial charge in [0.15, 0.2) is 11.5 Å². The molecule has 1 saturated carbocycles. The van der Waals surface area contributed by atoms with Gasteiger partial charge in [-0.1, -0.05) is 31.4 Å². The summed E-state index contributed by atoms with van der Waals surface area (Å²) in [5.41, 5.74) is 1.96. The summed E-state index contributed by atoms with van der Waals surface area (Å²) in [5.74, 6) is 1.38. The molecule has 7 heteroatoms. The minimum absolute atomic E-state index is 0.0411. The lowest BCUT2D eigenvalue weighted by atomic mass is 9.94. The highest BCUT2D eigenvalue weighted by atomic mass is 32.1. The molecule has 166 valence electrons. The predicted octanol–water partition coefficient (Wildman–Crippen LogP) is 4.71. The Morgan fingerprint density at radius 1 is 1.16 bits per heavy atom. The Labute approximate surface area is 188 Å². The van der Waals surface area contributed by atoms with Crippen molar-refractivity contribution in [2.45, 2.75) is 50.6 Å². The van der Waals surface area contributed by atoms with Crippen LogP contribution in [-0.4, -0.2) is 55.4 Å². The van der Waals surface area contributed by atoms with E-state index in [0.29, 0.717) is 30.5 Å². The van der Waals surface area contributed by atoms with Crippen molar-refractivity contribution in [3.8, 4) is 11.5 Å². The van der Waals surface area contributed by atoms with E-state index in [4.69, 9.17) is 14.6 Å². The second-order valence-corrected chi connectivity index (χ2v) is 9.25. The molecule has 1 atom stereocenters. The summed E-state index contributed by atoms with van der Waals surface area (Å²) in [6, 6.07) is 10.3. The number of rotatable bonds is 7. The van der Waals surface area contributed by atoms with Gasteiger partial charge in [0.2, 0.25) is 0 Å². The van der Waals surface area contributed by atoms with E-state index in [-0.39, 0.29) is 11.9 Å². The molecule has 1 aromatic heterocycles. The number of likely N-dealkylation sites (N-methyl/N-ethyl adjacent to an activating group) is 1. The highest BCUT2D eigenvalue weighted by Crippen LogP contribution is 2.38. The minimum Gasteiger partial charge on any atom is -0.493 e. The van der Waals surface area contributed by atoms with Gasteiger partial charge in [-0.25, -0.2) is 5.01 Å². The number of hydrazone groups is 1. The Bertz CT molecular complexity index is 922. The number of thiophene rings is 1. The number of ether oxygens (including phenoxy) is 2. The van der Waals surface area contributed by atoms with Gasteiger partial charge in [-0.3, -0.25) is 9.69 Å². The summed E-state index contributed by atoms with van der Waals surface area (Å²) in [7, 11) is 5.33. The van der Waals surface area contributed by atoms with E-state index in [0.717, 1.165) is 16.2 Å². The van der Waals surface area contributed by atoms with Crippen LogP contribution in [0.3, 0.4) is 0 Å². The molecule has 1 unspecified atom stereocenters. The average Bonchev–Trinajstić information content (AvgIpc) is 3.49. The maximum absolute atomic E-state index is 13.4. The number of amides is 1. The van der Waals surface area contributed by atoms with Crippen LogP contribution in [0.2, 0.25) is 0 Å². The summed E-state index contributed by atoms with van der Waals surface area (Å²) in [6.45, 7) is 0.385. The molecule has 1 amide bonds. The van der Waals surface area contributed by atoms with Gasteiger partial charge >= 0.3 is 0 Å². The molecule has 0 spiro atoms. The molecule has 1 aromatic carbocycles. The van der Waals surface area contributed by atoms with Crippen LogP contribution < -0.4 is 9.47 Å². The van der Waals surface area contributed by atoms with Gasteiger partial charge in [0, 0.05) is 12.5 Å². The van der Waals surface area contributed by atoms with E-state index in [1.807, 2.05) is 29.6 Å². The zero-order chi connectivity index (χ0) is 21.8. The maximum atomic E-state index is 13.4. The Hall–Kier alpha value is -2.38. The first-order valence-electron chi connectivity index (χ1n) is 11.0. The fourth-order valence-corrected chi connectivity index (χ4v) is 5.31. The second-order valence-electron chi connectivity index (χ2n) is 8.30. The molecule has 0 N–H and O–H groups in total. The fraction of sp³-hybridized carbons (Fsp3) is 0.500. The van der Waals surface area contributed by atoms with Crippen molar-refractivity contribution in [1.29, 1.82) is 0 Å². The van der Waals surface area contributed by atoms with Gasteiger partial charge in [0.05, 0.1) is 37.4 Å². The summed E-state index contributed by atoms with van der Waals surface area (Å²) >= 11 is 1.66. The fourth-order valence-electron chi connectivity index (χ4n) is 4.59. The van der Waals surface area contributed by atoms with E-state index in [2.05, 4.69) is 18.0 Å². The summed E-state index contributed by atoms with van der Waals surface area (Å²) in [6.07, 6.45) is 6.85. The van der Waals surface area contributed by atoms with Crippen LogP contribution in [0.25, 0.3) is 0 Å². The van der Waals surface area contributed by atoms with E-state index in [9.17, 15) is 4.79 Å². The topological polar surface area (TPSA) is 54.4 Å². The van der Waals surface area contributed by atoms with Crippen LogP contribution >= 0.6 is 11.3 Å². The number of hydrogen-bond acceptors (Lipinski definition) is 6. The van der Waals surface area contributed by atoms with Gasteiger partial charge in [0.25, 0.3) is 5.91 Å². The van der Waals surface area contributed by atoms with Gasteiger partial charge in [-0.2, -0.15) is 5.10 Å². The van der Waals surface area contributed by atoms with Gasteiger partial charge in [-0.15, -0.1) is 11.3 Å². The number of benzene rings is 1. The molecular weight excluding hydrogens is 410 g/mol. The largest absolute Gasteiger partial charge is 0.493 e. The first kappa shape index (κ1) is 21.8. The van der Waals surface area contributed by atoms with Crippen molar-refractivity contribution >= 4 is 23.0 Å². The number of nitrogens with zero attached hydrogens (tertiary/aromatic N) is 3. The third kappa shape index (κ3) is 4.77. The quantitative estimate of drug-likeness (QED) is 0.625. The molecule has 2 aromatic rings. The predicted molar refractivity (Wildman–Crippen MR) is 124 cm³/mol. The average molecular weight is 442 g/mol. The Morgan fingerprint density at radius 3 is 2.61 bits per heavy atom. The van der Waals surface area contributed by atoms with E-state index in [1.54, 1.807) is 30.6 Å². The summed E-state index contributed by atoms with van der Waals surface area (Å²) in [4.78, 5) is 16.7.